The Morgan fingerprint density at radius 3 is 2.60 bits per heavy atom. The fourth-order valence-electron chi connectivity index (χ4n) is 4.16. The second-order valence-electron chi connectivity index (χ2n) is 9.70. The number of pyridine rings is 1. The summed E-state index contributed by atoms with van der Waals surface area (Å²) >= 11 is 0. The summed E-state index contributed by atoms with van der Waals surface area (Å²) in [5.41, 5.74) is 0.195. The predicted molar refractivity (Wildman–Crippen MR) is 138 cm³/mol. The van der Waals surface area contributed by atoms with Gasteiger partial charge < -0.3 is 5.32 Å². The van der Waals surface area contributed by atoms with Crippen molar-refractivity contribution in [1.29, 1.82) is 0 Å². The Labute approximate surface area is 207 Å². The maximum absolute atomic E-state index is 13.7. The van der Waals surface area contributed by atoms with E-state index in [0.29, 0.717) is 5.56 Å². The maximum atomic E-state index is 13.7. The molecule has 0 saturated carbocycles. The van der Waals surface area contributed by atoms with Gasteiger partial charge in [0.1, 0.15) is 12.1 Å². The fraction of sp³-hybridized carbons (Fsp3) is 0.577. The molecule has 2 aromatic rings. The van der Waals surface area contributed by atoms with Crippen LogP contribution < -0.4 is 25.7 Å². The zero-order valence-corrected chi connectivity index (χ0v) is 21.6. The third-order valence-electron chi connectivity index (χ3n) is 6.49. The molecule has 0 fully saturated rings. The van der Waals surface area contributed by atoms with E-state index in [1.54, 1.807) is 19.9 Å². The van der Waals surface area contributed by atoms with Gasteiger partial charge >= 0.3 is 0 Å². The number of aromatic nitrogens is 3. The average molecular weight is 484 g/mol. The first-order valence-corrected chi connectivity index (χ1v) is 12.8. The normalized spacial score (nSPS) is 17.1. The molecule has 0 unspecified atom stereocenters. The minimum Gasteiger partial charge on any atom is -0.364 e. The number of anilines is 3. The molecule has 0 bridgehead atoms. The summed E-state index contributed by atoms with van der Waals surface area (Å²) in [6.07, 6.45) is 11.1. The van der Waals surface area contributed by atoms with Crippen LogP contribution in [0.1, 0.15) is 83.5 Å². The highest BCUT2D eigenvalue weighted by atomic mass is 16.2. The second kappa shape index (κ2) is 12.0. The van der Waals surface area contributed by atoms with Crippen LogP contribution in [0, 0.1) is 5.92 Å². The van der Waals surface area contributed by atoms with Crippen molar-refractivity contribution in [2.45, 2.75) is 91.8 Å². The first-order chi connectivity index (χ1) is 16.7. The topological polar surface area (TPSA) is 111 Å². The number of carbonyl (C=O) groups is 2. The maximum Gasteiger partial charge on any atom is 0.278 e. The number of nitrogens with one attached hydrogen (secondary N) is 3. The number of aromatic amines is 1. The minimum absolute atomic E-state index is 0.0607. The van der Waals surface area contributed by atoms with Crippen molar-refractivity contribution < 1.29 is 14.2 Å². The first-order valence-electron chi connectivity index (χ1n) is 12.8. The van der Waals surface area contributed by atoms with Crippen LogP contribution in [-0.2, 0) is 11.3 Å². The van der Waals surface area contributed by atoms with E-state index < -0.39 is 5.56 Å². The van der Waals surface area contributed by atoms with Gasteiger partial charge in [0.25, 0.3) is 11.5 Å². The van der Waals surface area contributed by atoms with Crippen LogP contribution in [0.15, 0.2) is 29.3 Å². The number of carbonyl (C=O) groups excluding carboxylic acids is 2. The summed E-state index contributed by atoms with van der Waals surface area (Å²) in [5, 5.41) is 5.83. The zero-order chi connectivity index (χ0) is 25.5. The summed E-state index contributed by atoms with van der Waals surface area (Å²) in [6, 6.07) is 3.22. The molecule has 3 heterocycles. The van der Waals surface area contributed by atoms with Gasteiger partial charge in [-0.3, -0.25) is 29.6 Å². The average Bonchev–Trinajstić information content (AvgIpc) is 2.82. The Bertz CT molecular complexity index is 1100. The molecule has 0 aromatic carbocycles. The molecule has 0 spiro atoms. The highest BCUT2D eigenvalue weighted by Crippen LogP contribution is 2.31. The van der Waals surface area contributed by atoms with E-state index in [0.717, 1.165) is 13.0 Å². The first kappa shape index (κ1) is 26.4. The lowest BCUT2D eigenvalue weighted by molar-refractivity contribution is -0.697. The van der Waals surface area contributed by atoms with Crippen molar-refractivity contribution in [3.05, 3.63) is 40.4 Å². The number of hydrogen-bond acceptors (Lipinski definition) is 5. The molecule has 0 aliphatic carbocycles. The lowest BCUT2D eigenvalue weighted by atomic mass is 10.0. The Kier molecular flexibility index (Phi) is 9.01. The number of hydrogen-bond donors (Lipinski definition) is 3. The smallest absolute Gasteiger partial charge is 0.278 e. The van der Waals surface area contributed by atoms with Gasteiger partial charge in [0.05, 0.1) is 6.04 Å². The van der Waals surface area contributed by atoms with Gasteiger partial charge in [-0.05, 0) is 26.3 Å². The molecule has 190 valence electrons. The Morgan fingerprint density at radius 1 is 1.17 bits per heavy atom. The predicted octanol–water partition coefficient (Wildman–Crippen LogP) is 3.86. The molecule has 1 aliphatic rings. The lowest BCUT2D eigenvalue weighted by Gasteiger charge is -2.38. The van der Waals surface area contributed by atoms with Gasteiger partial charge in [-0.1, -0.05) is 46.5 Å². The van der Waals surface area contributed by atoms with Crippen molar-refractivity contribution in [2.24, 2.45) is 5.92 Å². The third kappa shape index (κ3) is 6.46. The van der Waals surface area contributed by atoms with Crippen molar-refractivity contribution in [3.63, 3.8) is 0 Å². The van der Waals surface area contributed by atoms with Crippen LogP contribution >= 0.6 is 0 Å². The molecule has 9 heteroatoms. The summed E-state index contributed by atoms with van der Waals surface area (Å²) in [5.74, 6) is -0.427. The molecule has 35 heavy (non-hydrogen) atoms. The fourth-order valence-corrected chi connectivity index (χ4v) is 4.16. The Hall–Kier alpha value is -3.23. The standard InChI is InChI=1S/C26H38N6O3/c1-6-7-8-9-10-11-14-31-15-12-13-20(16-31)25(35)32-19(5)18(4)27-22-21(32)24(34)30-26(28-22)29-23(33)17(2)3/h12-13,15-19H,6-11,14H2,1-5H3,(H2-,27,28,29,30,33,34)/p+1/t18-,19-/m0/s1. The van der Waals surface area contributed by atoms with E-state index in [-0.39, 0.29) is 47.3 Å². The van der Waals surface area contributed by atoms with Gasteiger partial charge in [-0.2, -0.15) is 4.98 Å². The number of amides is 2. The molecule has 9 nitrogen and oxygen atoms in total. The third-order valence-corrected chi connectivity index (χ3v) is 6.49. The summed E-state index contributed by atoms with van der Waals surface area (Å²) < 4.78 is 2.04. The van der Waals surface area contributed by atoms with Gasteiger partial charge in [0, 0.05) is 24.4 Å². The largest absolute Gasteiger partial charge is 0.364 e. The molecule has 3 N–H and O–H groups in total. The van der Waals surface area contributed by atoms with Crippen LogP contribution in [0.2, 0.25) is 0 Å². The Balaban J connectivity index is 1.83. The molecule has 2 atom stereocenters. The highest BCUT2D eigenvalue weighted by Gasteiger charge is 2.37. The van der Waals surface area contributed by atoms with E-state index in [2.05, 4.69) is 27.5 Å². The highest BCUT2D eigenvalue weighted by molar-refractivity contribution is 6.08. The van der Waals surface area contributed by atoms with Gasteiger partial charge in [0.2, 0.25) is 11.9 Å². The number of rotatable bonds is 10. The van der Waals surface area contributed by atoms with Gasteiger partial charge in [0.15, 0.2) is 23.9 Å². The van der Waals surface area contributed by atoms with Crippen LogP contribution in [0.5, 0.6) is 0 Å². The molecule has 1 aliphatic heterocycles. The molecule has 0 saturated heterocycles. The summed E-state index contributed by atoms with van der Waals surface area (Å²) in [4.78, 5) is 47.3. The number of aryl methyl sites for hydroxylation is 1. The molecular weight excluding hydrogens is 444 g/mol. The van der Waals surface area contributed by atoms with Crippen LogP contribution in [-0.4, -0.2) is 33.9 Å². The van der Waals surface area contributed by atoms with E-state index in [4.69, 9.17) is 0 Å². The summed E-state index contributed by atoms with van der Waals surface area (Å²) in [6.45, 7) is 10.4. The Morgan fingerprint density at radius 2 is 1.89 bits per heavy atom. The van der Waals surface area contributed by atoms with E-state index >= 15 is 0 Å². The van der Waals surface area contributed by atoms with Gasteiger partial charge in [-0.15, -0.1) is 0 Å². The monoisotopic (exact) mass is 483 g/mol. The van der Waals surface area contributed by atoms with E-state index in [1.807, 2.05) is 36.9 Å². The number of fused-ring (bicyclic) bond motifs is 1. The van der Waals surface area contributed by atoms with Crippen molar-refractivity contribution in [1.82, 2.24) is 9.97 Å². The quantitative estimate of drug-likeness (QED) is 0.351. The zero-order valence-electron chi connectivity index (χ0n) is 21.6. The van der Waals surface area contributed by atoms with Crippen LogP contribution in [0.4, 0.5) is 17.5 Å². The summed E-state index contributed by atoms with van der Waals surface area (Å²) in [7, 11) is 0. The molecule has 3 rings (SSSR count). The lowest BCUT2D eigenvalue weighted by Crippen LogP contribution is -2.53. The van der Waals surface area contributed by atoms with Crippen molar-refractivity contribution in [3.8, 4) is 0 Å². The van der Waals surface area contributed by atoms with E-state index in [1.165, 1.54) is 37.0 Å². The number of H-pyrrole nitrogens is 1. The molecular formula is C26H39N6O3+. The van der Waals surface area contributed by atoms with Crippen LogP contribution in [0.25, 0.3) is 0 Å². The molecule has 2 aromatic heterocycles. The van der Waals surface area contributed by atoms with Crippen molar-refractivity contribution in [2.75, 3.05) is 15.5 Å². The SMILES string of the molecule is CCCCCCCC[n+]1cccc(C(=O)N2c3c(nc(NC(=O)C(C)C)[nH]c3=O)N[C@@H](C)[C@@H]2C)c1. The molecule has 0 radical (unpaired) electrons. The van der Waals surface area contributed by atoms with Crippen LogP contribution in [0.3, 0.4) is 0 Å². The van der Waals surface area contributed by atoms with Gasteiger partial charge in [-0.25, -0.2) is 4.57 Å². The number of unbranched alkanes of at least 4 members (excludes halogenated alkanes) is 5. The minimum atomic E-state index is -0.482. The second-order valence-corrected chi connectivity index (χ2v) is 9.70. The molecule has 2 amide bonds. The van der Waals surface area contributed by atoms with Crippen molar-refractivity contribution >= 4 is 29.3 Å². The number of nitrogens with zero attached hydrogens (tertiary/aromatic N) is 3. The van der Waals surface area contributed by atoms with E-state index in [9.17, 15) is 14.4 Å².